The fourth-order valence-corrected chi connectivity index (χ4v) is 2.67. The first-order valence-electron chi connectivity index (χ1n) is 11.5. The Labute approximate surface area is 178 Å². The van der Waals surface area contributed by atoms with Gasteiger partial charge in [0.1, 0.15) is 25.4 Å². The Kier molecular flexibility index (Phi) is 29.5. The van der Waals surface area contributed by atoms with Crippen molar-refractivity contribution in [1.29, 1.82) is 0 Å². The first kappa shape index (κ1) is 30.9. The van der Waals surface area contributed by atoms with Crippen molar-refractivity contribution in [2.45, 2.75) is 109 Å². The summed E-state index contributed by atoms with van der Waals surface area (Å²) in [6, 6.07) is 0. The molecule has 0 aromatic heterocycles. The van der Waals surface area contributed by atoms with Gasteiger partial charge in [-0.15, -0.1) is 0 Å². The lowest BCUT2D eigenvalue weighted by Crippen LogP contribution is -2.23. The summed E-state index contributed by atoms with van der Waals surface area (Å²) in [6.07, 6.45) is 17.2. The molecule has 0 aromatic carbocycles. The first-order chi connectivity index (χ1) is 14.1. The predicted molar refractivity (Wildman–Crippen MR) is 115 cm³/mol. The van der Waals surface area contributed by atoms with E-state index >= 15 is 0 Å². The van der Waals surface area contributed by atoms with Crippen molar-refractivity contribution in [1.82, 2.24) is 0 Å². The maximum atomic E-state index is 8.71. The van der Waals surface area contributed by atoms with Gasteiger partial charge in [0.25, 0.3) is 0 Å². The van der Waals surface area contributed by atoms with E-state index in [0.29, 0.717) is 6.61 Å². The van der Waals surface area contributed by atoms with Crippen molar-refractivity contribution in [2.24, 2.45) is 0 Å². The SMILES string of the molecule is CCCCCCCCCCCCCCCCO.OCC(O)COOCC(O)CO. The van der Waals surface area contributed by atoms with Crippen LogP contribution < -0.4 is 0 Å². The molecule has 0 rings (SSSR count). The molecule has 0 bridgehead atoms. The molecule has 2 atom stereocenters. The molecule has 5 N–H and O–H groups in total. The van der Waals surface area contributed by atoms with Gasteiger partial charge in [-0.1, -0.05) is 90.4 Å². The number of rotatable bonds is 21. The van der Waals surface area contributed by atoms with Crippen LogP contribution in [-0.4, -0.2) is 70.8 Å². The van der Waals surface area contributed by atoms with E-state index in [1.54, 1.807) is 0 Å². The van der Waals surface area contributed by atoms with Gasteiger partial charge in [-0.05, 0) is 6.42 Å². The molecule has 0 aliphatic heterocycles. The van der Waals surface area contributed by atoms with Crippen LogP contribution in [-0.2, 0) is 9.78 Å². The Morgan fingerprint density at radius 1 is 0.517 bits per heavy atom. The number of unbranched alkanes of at least 4 members (excludes halogenated alkanes) is 13. The second-order valence-electron chi connectivity index (χ2n) is 7.56. The molecule has 0 aromatic rings. The third kappa shape index (κ3) is 30.0. The molecular formula is C22H48O7. The van der Waals surface area contributed by atoms with Crippen LogP contribution in [0.4, 0.5) is 0 Å². The van der Waals surface area contributed by atoms with Crippen LogP contribution in [0.5, 0.6) is 0 Å². The van der Waals surface area contributed by atoms with E-state index in [4.69, 9.17) is 25.5 Å². The highest BCUT2D eigenvalue weighted by Gasteiger charge is 2.05. The van der Waals surface area contributed by atoms with Gasteiger partial charge in [-0.25, -0.2) is 9.78 Å². The number of aliphatic hydroxyl groups is 5. The van der Waals surface area contributed by atoms with E-state index in [9.17, 15) is 0 Å². The van der Waals surface area contributed by atoms with Crippen molar-refractivity contribution in [3.63, 3.8) is 0 Å². The molecule has 0 amide bonds. The lowest BCUT2D eigenvalue weighted by atomic mass is 10.0. The van der Waals surface area contributed by atoms with Crippen LogP contribution in [0.2, 0.25) is 0 Å². The van der Waals surface area contributed by atoms with Crippen molar-refractivity contribution in [3.8, 4) is 0 Å². The minimum absolute atomic E-state index is 0.172. The maximum absolute atomic E-state index is 8.71. The summed E-state index contributed by atoms with van der Waals surface area (Å²) in [5.74, 6) is 0. The highest BCUT2D eigenvalue weighted by Crippen LogP contribution is 2.12. The summed E-state index contributed by atoms with van der Waals surface area (Å²) >= 11 is 0. The van der Waals surface area contributed by atoms with Crippen LogP contribution in [0.15, 0.2) is 0 Å². The topological polar surface area (TPSA) is 120 Å². The molecule has 0 fully saturated rings. The number of aliphatic hydroxyl groups excluding tert-OH is 5. The van der Waals surface area contributed by atoms with Gasteiger partial charge in [-0.3, -0.25) is 0 Å². The Balaban J connectivity index is 0. The monoisotopic (exact) mass is 424 g/mol. The average Bonchev–Trinajstić information content (AvgIpc) is 2.74. The van der Waals surface area contributed by atoms with Crippen LogP contribution in [0.3, 0.4) is 0 Å². The second kappa shape index (κ2) is 27.7. The average molecular weight is 425 g/mol. The normalized spacial score (nSPS) is 13.0. The highest BCUT2D eigenvalue weighted by atomic mass is 17.2. The standard InChI is InChI=1S/C16H34O.C6H14O6/c1-2-3-4-5-6-7-8-9-10-11-12-13-14-15-16-17;7-1-5(9)3-11-12-4-6(10)2-8/h17H,2-16H2,1H3;5-10H,1-4H2. The molecule has 29 heavy (non-hydrogen) atoms. The maximum Gasteiger partial charge on any atom is 0.110 e. The third-order valence-electron chi connectivity index (χ3n) is 4.54. The molecule has 0 aliphatic rings. The molecule has 0 radical (unpaired) electrons. The largest absolute Gasteiger partial charge is 0.396 e. The van der Waals surface area contributed by atoms with E-state index in [-0.39, 0.29) is 13.2 Å². The van der Waals surface area contributed by atoms with Gasteiger partial charge >= 0.3 is 0 Å². The summed E-state index contributed by atoms with van der Waals surface area (Å²) in [6.45, 7) is 1.49. The molecule has 178 valence electrons. The van der Waals surface area contributed by atoms with E-state index in [1.165, 1.54) is 83.5 Å². The lowest BCUT2D eigenvalue weighted by Gasteiger charge is -2.09. The summed E-state index contributed by atoms with van der Waals surface area (Å²) in [5.41, 5.74) is 0. The lowest BCUT2D eigenvalue weighted by molar-refractivity contribution is -0.316. The predicted octanol–water partition coefficient (Wildman–Crippen LogP) is 3.10. The summed E-state index contributed by atoms with van der Waals surface area (Å²) in [5, 5.41) is 42.7. The minimum atomic E-state index is -0.990. The van der Waals surface area contributed by atoms with E-state index in [1.807, 2.05) is 0 Å². The molecule has 7 nitrogen and oxygen atoms in total. The van der Waals surface area contributed by atoms with E-state index in [0.717, 1.165) is 6.42 Å². The quantitative estimate of drug-likeness (QED) is 0.109. The Morgan fingerprint density at radius 2 is 0.828 bits per heavy atom. The van der Waals surface area contributed by atoms with Crippen molar-refractivity contribution in [2.75, 3.05) is 33.0 Å². The Morgan fingerprint density at radius 3 is 1.10 bits per heavy atom. The van der Waals surface area contributed by atoms with Crippen molar-refractivity contribution >= 4 is 0 Å². The van der Waals surface area contributed by atoms with Gasteiger partial charge in [-0.2, -0.15) is 0 Å². The summed E-state index contributed by atoms with van der Waals surface area (Å²) in [4.78, 5) is 8.76. The molecule has 0 saturated carbocycles. The Hall–Kier alpha value is -0.280. The Bertz CT molecular complexity index is 254. The molecule has 0 spiro atoms. The first-order valence-corrected chi connectivity index (χ1v) is 11.5. The van der Waals surface area contributed by atoms with Crippen LogP contribution >= 0.6 is 0 Å². The summed E-state index contributed by atoms with van der Waals surface area (Å²) < 4.78 is 0. The number of hydrogen-bond acceptors (Lipinski definition) is 7. The van der Waals surface area contributed by atoms with Gasteiger partial charge in [0.05, 0.1) is 13.2 Å². The number of hydrogen-bond donors (Lipinski definition) is 5. The minimum Gasteiger partial charge on any atom is -0.396 e. The smallest absolute Gasteiger partial charge is 0.110 e. The van der Waals surface area contributed by atoms with Gasteiger partial charge in [0, 0.05) is 6.61 Å². The molecule has 0 aliphatic carbocycles. The van der Waals surface area contributed by atoms with Crippen molar-refractivity contribution in [3.05, 3.63) is 0 Å². The zero-order valence-corrected chi connectivity index (χ0v) is 18.6. The molecule has 0 heterocycles. The zero-order valence-electron chi connectivity index (χ0n) is 18.6. The molecule has 2 unspecified atom stereocenters. The van der Waals surface area contributed by atoms with Crippen molar-refractivity contribution < 1.29 is 35.3 Å². The van der Waals surface area contributed by atoms with Crippen LogP contribution in [0.25, 0.3) is 0 Å². The third-order valence-corrected chi connectivity index (χ3v) is 4.54. The fraction of sp³-hybridized carbons (Fsp3) is 1.00. The van der Waals surface area contributed by atoms with E-state index in [2.05, 4.69) is 16.7 Å². The summed E-state index contributed by atoms with van der Waals surface area (Å²) in [7, 11) is 0. The van der Waals surface area contributed by atoms with Crippen LogP contribution in [0.1, 0.15) is 96.8 Å². The fourth-order valence-electron chi connectivity index (χ4n) is 2.67. The molecule has 0 saturated heterocycles. The van der Waals surface area contributed by atoms with Gasteiger partial charge in [0.15, 0.2) is 0 Å². The van der Waals surface area contributed by atoms with Gasteiger partial charge < -0.3 is 25.5 Å². The highest BCUT2D eigenvalue weighted by molar-refractivity contribution is 4.49. The van der Waals surface area contributed by atoms with Gasteiger partial charge in [0.2, 0.25) is 0 Å². The molecule has 7 heteroatoms. The zero-order chi connectivity index (χ0) is 22.0. The second-order valence-corrected chi connectivity index (χ2v) is 7.56. The molecular weight excluding hydrogens is 376 g/mol. The van der Waals surface area contributed by atoms with Crippen LogP contribution in [0, 0.1) is 0 Å². The van der Waals surface area contributed by atoms with E-state index < -0.39 is 25.4 Å².